The van der Waals surface area contributed by atoms with E-state index in [0.29, 0.717) is 17.5 Å². The lowest BCUT2D eigenvalue weighted by atomic mass is 9.78. The fourth-order valence-electron chi connectivity index (χ4n) is 2.95. The Labute approximate surface area is 131 Å². The van der Waals surface area contributed by atoms with Crippen molar-refractivity contribution < 1.29 is 9.59 Å². The van der Waals surface area contributed by atoms with Crippen LogP contribution in [0, 0.1) is 11.8 Å². The largest absolute Gasteiger partial charge is 0.353 e. The van der Waals surface area contributed by atoms with Gasteiger partial charge < -0.3 is 10.6 Å². The number of nitrogens with one attached hydrogen (secondary N) is 2. The van der Waals surface area contributed by atoms with E-state index in [4.69, 9.17) is 0 Å². The Hall–Kier alpha value is -1.91. The monoisotopic (exact) mass is 303 g/mol. The molecule has 0 aromatic carbocycles. The van der Waals surface area contributed by atoms with Crippen LogP contribution in [0.3, 0.4) is 0 Å². The molecule has 1 aliphatic carbocycles. The first-order chi connectivity index (χ1) is 10.6. The molecule has 2 rings (SSSR count). The van der Waals surface area contributed by atoms with Gasteiger partial charge in [-0.05, 0) is 30.4 Å². The predicted molar refractivity (Wildman–Crippen MR) is 86.2 cm³/mol. The molecule has 1 aromatic heterocycles. The van der Waals surface area contributed by atoms with Gasteiger partial charge in [0.05, 0.1) is 11.9 Å². The number of pyridine rings is 1. The summed E-state index contributed by atoms with van der Waals surface area (Å²) in [6, 6.07) is 3.78. The zero-order valence-electron chi connectivity index (χ0n) is 13.3. The highest BCUT2D eigenvalue weighted by molar-refractivity contribution is 5.93. The molecule has 3 atom stereocenters. The number of anilines is 1. The average Bonchev–Trinajstić information content (AvgIpc) is 2.51. The molecule has 1 aromatic rings. The quantitative estimate of drug-likeness (QED) is 0.878. The van der Waals surface area contributed by atoms with Gasteiger partial charge in [0.2, 0.25) is 11.8 Å². The van der Waals surface area contributed by atoms with Crippen LogP contribution < -0.4 is 10.6 Å². The molecule has 0 bridgehead atoms. The Morgan fingerprint density at radius 3 is 2.73 bits per heavy atom. The molecule has 0 radical (unpaired) electrons. The van der Waals surface area contributed by atoms with E-state index >= 15 is 0 Å². The van der Waals surface area contributed by atoms with Crippen molar-refractivity contribution in [3.05, 3.63) is 24.5 Å². The molecular formula is C17H25N3O2. The van der Waals surface area contributed by atoms with Crippen LogP contribution in [0.25, 0.3) is 0 Å². The maximum Gasteiger partial charge on any atom is 0.224 e. The van der Waals surface area contributed by atoms with Crippen LogP contribution in [0.15, 0.2) is 24.5 Å². The van der Waals surface area contributed by atoms with Crippen molar-refractivity contribution in [2.24, 2.45) is 11.8 Å². The molecule has 1 saturated carbocycles. The molecule has 1 fully saturated rings. The first-order valence-electron chi connectivity index (χ1n) is 8.05. The fraction of sp³-hybridized carbons (Fsp3) is 0.588. The number of hydrogen-bond acceptors (Lipinski definition) is 3. The highest BCUT2D eigenvalue weighted by Gasteiger charge is 2.28. The van der Waals surface area contributed by atoms with Gasteiger partial charge in [0.25, 0.3) is 0 Å². The van der Waals surface area contributed by atoms with Crippen molar-refractivity contribution in [2.45, 2.75) is 52.0 Å². The molecule has 1 heterocycles. The fourth-order valence-corrected chi connectivity index (χ4v) is 2.95. The van der Waals surface area contributed by atoms with Crippen LogP contribution in [0.1, 0.15) is 46.0 Å². The Morgan fingerprint density at radius 2 is 2.00 bits per heavy atom. The summed E-state index contributed by atoms with van der Waals surface area (Å²) in [5.74, 6) is 0.954. The van der Waals surface area contributed by atoms with Gasteiger partial charge in [-0.1, -0.05) is 26.7 Å². The summed E-state index contributed by atoms with van der Waals surface area (Å²) in [6.07, 6.45) is 7.09. The third-order valence-corrected chi connectivity index (χ3v) is 4.58. The zero-order chi connectivity index (χ0) is 15.9. The summed E-state index contributed by atoms with van der Waals surface area (Å²) >= 11 is 0. The molecule has 120 valence electrons. The Balaban J connectivity index is 1.72. The second kappa shape index (κ2) is 7.92. The van der Waals surface area contributed by atoms with Crippen molar-refractivity contribution >= 4 is 17.5 Å². The van der Waals surface area contributed by atoms with E-state index in [1.165, 1.54) is 6.42 Å². The summed E-state index contributed by atoms with van der Waals surface area (Å²) in [5, 5.41) is 5.82. The van der Waals surface area contributed by atoms with Gasteiger partial charge >= 0.3 is 0 Å². The standard InChI is InChI=1S/C17H25N3O2/c1-12-5-3-7-15(13(12)2)20-17(22)9-8-16(21)19-14-6-4-10-18-11-14/h4,6,10-13,15H,3,5,7-9H2,1-2H3,(H,19,21)(H,20,22)/t12-,13-,15-/m1/s1. The van der Waals surface area contributed by atoms with Gasteiger partial charge in [0, 0.05) is 25.1 Å². The van der Waals surface area contributed by atoms with Crippen LogP contribution >= 0.6 is 0 Å². The van der Waals surface area contributed by atoms with E-state index in [2.05, 4.69) is 29.5 Å². The summed E-state index contributed by atoms with van der Waals surface area (Å²) in [7, 11) is 0. The minimum atomic E-state index is -0.159. The van der Waals surface area contributed by atoms with E-state index in [0.717, 1.165) is 12.8 Å². The van der Waals surface area contributed by atoms with E-state index in [-0.39, 0.29) is 30.7 Å². The number of hydrogen-bond donors (Lipinski definition) is 2. The van der Waals surface area contributed by atoms with Crippen LogP contribution in [0.4, 0.5) is 5.69 Å². The highest BCUT2D eigenvalue weighted by Crippen LogP contribution is 2.29. The third-order valence-electron chi connectivity index (χ3n) is 4.58. The Bertz CT molecular complexity index is 504. The van der Waals surface area contributed by atoms with Gasteiger partial charge in [-0.2, -0.15) is 0 Å². The topological polar surface area (TPSA) is 71.1 Å². The molecule has 1 aliphatic rings. The first-order valence-corrected chi connectivity index (χ1v) is 8.05. The molecule has 2 amide bonds. The first kappa shape index (κ1) is 16.5. The number of carbonyl (C=O) groups excluding carboxylic acids is 2. The molecule has 0 spiro atoms. The van der Waals surface area contributed by atoms with E-state index in [9.17, 15) is 9.59 Å². The van der Waals surface area contributed by atoms with Gasteiger partial charge in [-0.25, -0.2) is 0 Å². The van der Waals surface area contributed by atoms with Crippen molar-refractivity contribution in [1.29, 1.82) is 0 Å². The van der Waals surface area contributed by atoms with Crippen LogP contribution in [0.2, 0.25) is 0 Å². The summed E-state index contributed by atoms with van der Waals surface area (Å²) in [6.45, 7) is 4.44. The van der Waals surface area contributed by atoms with E-state index in [1.807, 2.05) is 0 Å². The number of aromatic nitrogens is 1. The molecule has 2 N–H and O–H groups in total. The molecule has 0 aliphatic heterocycles. The smallest absolute Gasteiger partial charge is 0.224 e. The van der Waals surface area contributed by atoms with E-state index in [1.54, 1.807) is 24.5 Å². The van der Waals surface area contributed by atoms with Crippen molar-refractivity contribution in [3.63, 3.8) is 0 Å². The average molecular weight is 303 g/mol. The molecule has 22 heavy (non-hydrogen) atoms. The van der Waals surface area contributed by atoms with Crippen LogP contribution in [0.5, 0.6) is 0 Å². The Morgan fingerprint density at radius 1 is 1.23 bits per heavy atom. The predicted octanol–water partition coefficient (Wildman–Crippen LogP) is 2.74. The molecule has 0 saturated heterocycles. The lowest BCUT2D eigenvalue weighted by Gasteiger charge is -2.34. The highest BCUT2D eigenvalue weighted by atomic mass is 16.2. The lowest BCUT2D eigenvalue weighted by Crippen LogP contribution is -2.43. The zero-order valence-corrected chi connectivity index (χ0v) is 13.3. The maximum atomic E-state index is 12.0. The van der Waals surface area contributed by atoms with Crippen molar-refractivity contribution in [2.75, 3.05) is 5.32 Å². The minimum Gasteiger partial charge on any atom is -0.353 e. The summed E-state index contributed by atoms with van der Waals surface area (Å²) in [4.78, 5) is 27.8. The lowest BCUT2D eigenvalue weighted by molar-refractivity contribution is -0.125. The van der Waals surface area contributed by atoms with Crippen molar-refractivity contribution in [1.82, 2.24) is 10.3 Å². The number of carbonyl (C=O) groups is 2. The van der Waals surface area contributed by atoms with Gasteiger partial charge in [0.15, 0.2) is 0 Å². The molecular weight excluding hydrogens is 278 g/mol. The van der Waals surface area contributed by atoms with Gasteiger partial charge in [-0.15, -0.1) is 0 Å². The van der Waals surface area contributed by atoms with Crippen LogP contribution in [-0.2, 0) is 9.59 Å². The normalized spacial score (nSPS) is 24.5. The van der Waals surface area contributed by atoms with Crippen LogP contribution in [-0.4, -0.2) is 22.8 Å². The second-order valence-corrected chi connectivity index (χ2v) is 6.23. The maximum absolute atomic E-state index is 12.0. The second-order valence-electron chi connectivity index (χ2n) is 6.23. The number of amides is 2. The Kier molecular flexibility index (Phi) is 5.92. The number of rotatable bonds is 5. The molecule has 5 heteroatoms. The SMILES string of the molecule is C[C@@H]1[C@H](C)CCC[C@H]1NC(=O)CCC(=O)Nc1cccnc1. The van der Waals surface area contributed by atoms with Gasteiger partial charge in [0.1, 0.15) is 0 Å². The molecule has 0 unspecified atom stereocenters. The van der Waals surface area contributed by atoms with Crippen molar-refractivity contribution in [3.8, 4) is 0 Å². The summed E-state index contributed by atoms with van der Waals surface area (Å²) < 4.78 is 0. The molecule has 5 nitrogen and oxygen atoms in total. The minimum absolute atomic E-state index is 0.0349. The summed E-state index contributed by atoms with van der Waals surface area (Å²) in [5.41, 5.74) is 0.655. The third kappa shape index (κ3) is 4.83. The van der Waals surface area contributed by atoms with Gasteiger partial charge in [-0.3, -0.25) is 14.6 Å². The number of nitrogens with zero attached hydrogens (tertiary/aromatic N) is 1. The van der Waals surface area contributed by atoms with E-state index < -0.39 is 0 Å².